The Hall–Kier alpha value is -0.780. The summed E-state index contributed by atoms with van der Waals surface area (Å²) in [4.78, 5) is 0. The van der Waals surface area contributed by atoms with Crippen LogP contribution in [-0.4, -0.2) is 0 Å². The lowest BCUT2D eigenvalue weighted by atomic mass is 9.78. The Morgan fingerprint density at radius 1 is 1.15 bits per heavy atom. The van der Waals surface area contributed by atoms with Crippen molar-refractivity contribution in [2.45, 2.75) is 39.0 Å². The average molecular weight is 174 g/mol. The minimum Gasteiger partial charge on any atom is -0.0622 e. The fourth-order valence-electron chi connectivity index (χ4n) is 2.63. The fraction of sp³-hybridized carbons (Fsp3) is 0.538. The Bertz CT molecular complexity index is 271. The monoisotopic (exact) mass is 174 g/mol. The van der Waals surface area contributed by atoms with Gasteiger partial charge in [0, 0.05) is 0 Å². The van der Waals surface area contributed by atoms with Crippen LogP contribution in [0.25, 0.3) is 0 Å². The summed E-state index contributed by atoms with van der Waals surface area (Å²) in [5.74, 6) is 0.786. The lowest BCUT2D eigenvalue weighted by Gasteiger charge is -2.27. The molecule has 1 aromatic carbocycles. The van der Waals surface area contributed by atoms with Gasteiger partial charge in [0.25, 0.3) is 0 Å². The molecule has 1 aliphatic carbocycles. The van der Waals surface area contributed by atoms with Crippen LogP contribution < -0.4 is 0 Å². The Morgan fingerprint density at radius 2 is 1.85 bits per heavy atom. The summed E-state index contributed by atoms with van der Waals surface area (Å²) in [6.45, 7) is 4.80. The van der Waals surface area contributed by atoms with Crippen molar-refractivity contribution in [3.63, 3.8) is 0 Å². The zero-order valence-corrected chi connectivity index (χ0v) is 8.59. The smallest absolute Gasteiger partial charge is 0.0111 e. The second-order valence-corrected chi connectivity index (χ2v) is 4.84. The molecule has 1 fully saturated rings. The van der Waals surface area contributed by atoms with E-state index in [0.717, 1.165) is 5.92 Å². The highest BCUT2D eigenvalue weighted by Gasteiger charge is 2.34. The second kappa shape index (κ2) is 3.17. The van der Waals surface area contributed by atoms with Crippen LogP contribution >= 0.6 is 0 Å². The van der Waals surface area contributed by atoms with Gasteiger partial charge in [-0.05, 0) is 29.7 Å². The van der Waals surface area contributed by atoms with E-state index in [-0.39, 0.29) is 0 Å². The van der Waals surface area contributed by atoms with E-state index in [4.69, 9.17) is 0 Å². The molecule has 0 saturated heterocycles. The van der Waals surface area contributed by atoms with Crippen LogP contribution in [0.3, 0.4) is 0 Å². The molecule has 0 heteroatoms. The number of rotatable bonds is 1. The maximum Gasteiger partial charge on any atom is -0.0111 e. The molecule has 0 spiro atoms. The molecule has 13 heavy (non-hydrogen) atoms. The highest BCUT2D eigenvalue weighted by molar-refractivity contribution is 5.22. The van der Waals surface area contributed by atoms with Crippen molar-refractivity contribution in [2.24, 2.45) is 5.41 Å². The third kappa shape index (κ3) is 1.63. The van der Waals surface area contributed by atoms with Crippen molar-refractivity contribution >= 4 is 0 Å². The van der Waals surface area contributed by atoms with Gasteiger partial charge >= 0.3 is 0 Å². The fourth-order valence-corrected chi connectivity index (χ4v) is 2.63. The van der Waals surface area contributed by atoms with Crippen LogP contribution in [0.4, 0.5) is 0 Å². The molecule has 1 unspecified atom stereocenters. The van der Waals surface area contributed by atoms with E-state index in [1.54, 1.807) is 0 Å². The molecule has 0 N–H and O–H groups in total. The van der Waals surface area contributed by atoms with Crippen molar-refractivity contribution in [3.05, 3.63) is 35.9 Å². The molecule has 0 radical (unpaired) electrons. The first-order valence-corrected chi connectivity index (χ1v) is 5.25. The molecular formula is C13H18. The maximum atomic E-state index is 2.40. The molecule has 70 valence electrons. The minimum absolute atomic E-state index is 0.515. The summed E-state index contributed by atoms with van der Waals surface area (Å²) in [6, 6.07) is 11.0. The van der Waals surface area contributed by atoms with Crippen molar-refractivity contribution in [2.75, 3.05) is 0 Å². The average Bonchev–Trinajstić information content (AvgIpc) is 2.47. The zero-order chi connectivity index (χ0) is 9.31. The topological polar surface area (TPSA) is 0 Å². The zero-order valence-electron chi connectivity index (χ0n) is 8.59. The van der Waals surface area contributed by atoms with Crippen LogP contribution in [0, 0.1) is 5.41 Å². The van der Waals surface area contributed by atoms with E-state index in [9.17, 15) is 0 Å². The van der Waals surface area contributed by atoms with Gasteiger partial charge in [0.1, 0.15) is 0 Å². The van der Waals surface area contributed by atoms with Gasteiger partial charge in [-0.3, -0.25) is 0 Å². The van der Waals surface area contributed by atoms with Gasteiger partial charge in [0.15, 0.2) is 0 Å². The van der Waals surface area contributed by atoms with Crippen LogP contribution in [0.5, 0.6) is 0 Å². The van der Waals surface area contributed by atoms with Crippen LogP contribution in [0.15, 0.2) is 30.3 Å². The standard InChI is InChI=1S/C13H18/c1-13(2)10-6-9-12(13)11-7-4-3-5-8-11/h3-5,7-8,12H,6,9-10H2,1-2H3. The molecule has 0 nitrogen and oxygen atoms in total. The van der Waals surface area contributed by atoms with E-state index in [1.807, 2.05) is 0 Å². The predicted molar refractivity (Wildman–Crippen MR) is 56.8 cm³/mol. The summed E-state index contributed by atoms with van der Waals surface area (Å²) in [5.41, 5.74) is 2.05. The lowest BCUT2D eigenvalue weighted by Crippen LogP contribution is -2.15. The van der Waals surface area contributed by atoms with E-state index < -0.39 is 0 Å². The molecule has 0 bridgehead atoms. The molecule has 2 rings (SSSR count). The number of benzene rings is 1. The Balaban J connectivity index is 2.27. The first-order chi connectivity index (χ1) is 6.20. The Labute approximate surface area is 81.0 Å². The second-order valence-electron chi connectivity index (χ2n) is 4.84. The van der Waals surface area contributed by atoms with Gasteiger partial charge in [-0.25, -0.2) is 0 Å². The van der Waals surface area contributed by atoms with Gasteiger partial charge in [0.2, 0.25) is 0 Å². The SMILES string of the molecule is CC1(C)CCCC1c1ccccc1. The van der Waals surface area contributed by atoms with Gasteiger partial charge in [-0.1, -0.05) is 50.6 Å². The third-order valence-electron chi connectivity index (χ3n) is 3.46. The Kier molecular flexibility index (Phi) is 2.15. The number of hydrogen-bond acceptors (Lipinski definition) is 0. The molecular weight excluding hydrogens is 156 g/mol. The van der Waals surface area contributed by atoms with Gasteiger partial charge in [-0.2, -0.15) is 0 Å². The normalized spacial score (nSPS) is 26.2. The first-order valence-electron chi connectivity index (χ1n) is 5.25. The Morgan fingerprint density at radius 3 is 2.38 bits per heavy atom. The van der Waals surface area contributed by atoms with Crippen molar-refractivity contribution in [1.29, 1.82) is 0 Å². The molecule has 1 aromatic rings. The van der Waals surface area contributed by atoms with E-state index >= 15 is 0 Å². The van der Waals surface area contributed by atoms with E-state index in [0.29, 0.717) is 5.41 Å². The summed E-state index contributed by atoms with van der Waals surface area (Å²) in [7, 11) is 0. The molecule has 0 amide bonds. The van der Waals surface area contributed by atoms with E-state index in [2.05, 4.69) is 44.2 Å². The molecule has 0 aromatic heterocycles. The third-order valence-corrected chi connectivity index (χ3v) is 3.46. The molecule has 1 saturated carbocycles. The quantitative estimate of drug-likeness (QED) is 0.604. The highest BCUT2D eigenvalue weighted by Crippen LogP contribution is 2.48. The molecule has 0 heterocycles. The molecule has 1 atom stereocenters. The number of hydrogen-bond donors (Lipinski definition) is 0. The highest BCUT2D eigenvalue weighted by atomic mass is 14.4. The maximum absolute atomic E-state index is 2.40. The van der Waals surface area contributed by atoms with Crippen molar-refractivity contribution in [1.82, 2.24) is 0 Å². The van der Waals surface area contributed by atoms with E-state index in [1.165, 1.54) is 24.8 Å². The molecule has 1 aliphatic rings. The summed E-state index contributed by atoms with van der Waals surface area (Å²) >= 11 is 0. The lowest BCUT2D eigenvalue weighted by molar-refractivity contribution is 0.332. The summed E-state index contributed by atoms with van der Waals surface area (Å²) < 4.78 is 0. The largest absolute Gasteiger partial charge is 0.0622 e. The predicted octanol–water partition coefficient (Wildman–Crippen LogP) is 3.98. The molecule has 0 aliphatic heterocycles. The van der Waals surface area contributed by atoms with Gasteiger partial charge in [0.05, 0.1) is 0 Å². The van der Waals surface area contributed by atoms with Crippen LogP contribution in [0.2, 0.25) is 0 Å². The summed E-state index contributed by atoms with van der Waals surface area (Å²) in [6.07, 6.45) is 4.15. The summed E-state index contributed by atoms with van der Waals surface area (Å²) in [5, 5.41) is 0. The van der Waals surface area contributed by atoms with Crippen molar-refractivity contribution < 1.29 is 0 Å². The minimum atomic E-state index is 0.515. The van der Waals surface area contributed by atoms with Crippen LogP contribution in [-0.2, 0) is 0 Å². The first kappa shape index (κ1) is 8.80. The van der Waals surface area contributed by atoms with Gasteiger partial charge < -0.3 is 0 Å². The van der Waals surface area contributed by atoms with Crippen molar-refractivity contribution in [3.8, 4) is 0 Å². The van der Waals surface area contributed by atoms with Gasteiger partial charge in [-0.15, -0.1) is 0 Å². The van der Waals surface area contributed by atoms with Crippen LogP contribution in [0.1, 0.15) is 44.6 Å².